The van der Waals surface area contributed by atoms with Crippen molar-refractivity contribution in [2.24, 2.45) is 0 Å². The molecule has 0 saturated carbocycles. The maximum atomic E-state index is 11.5. The van der Waals surface area contributed by atoms with E-state index in [9.17, 15) is 4.79 Å². The van der Waals surface area contributed by atoms with E-state index in [4.69, 9.17) is 0 Å². The number of amides is 1. The Hall–Kier alpha value is -0.613. The van der Waals surface area contributed by atoms with Crippen LogP contribution in [0.2, 0.25) is 19.6 Å². The average molecular weight is 199 g/mol. The smallest absolute Gasteiger partial charge is 0.244 e. The third-order valence-corrected chi connectivity index (χ3v) is 2.93. The van der Waals surface area contributed by atoms with Crippen molar-refractivity contribution < 1.29 is 4.79 Å². The first-order valence-corrected chi connectivity index (χ1v) is 8.28. The van der Waals surface area contributed by atoms with E-state index >= 15 is 0 Å². The lowest BCUT2D eigenvalue weighted by Crippen LogP contribution is -2.45. The van der Waals surface area contributed by atoms with E-state index in [0.717, 1.165) is 5.56 Å². The fraction of sp³-hybridized carbons (Fsp3) is 0.375. The molecule has 0 aliphatic heterocycles. The van der Waals surface area contributed by atoms with Gasteiger partial charge >= 0.3 is 0 Å². The highest BCUT2D eigenvalue weighted by Gasteiger charge is 2.17. The quantitative estimate of drug-likeness (QED) is 0.728. The molecule has 66 valence electrons. The summed E-state index contributed by atoms with van der Waals surface area (Å²) in [5, 5.41) is 3.79. The first-order chi connectivity index (χ1) is 5.49. The van der Waals surface area contributed by atoms with Gasteiger partial charge in [-0.3, -0.25) is 4.79 Å². The highest BCUT2D eigenvalue weighted by Crippen LogP contribution is 2.06. The summed E-state index contributed by atoms with van der Waals surface area (Å²) in [7, 11) is -1.47. The zero-order chi connectivity index (χ0) is 9.19. The molecule has 4 heteroatoms. The van der Waals surface area contributed by atoms with Gasteiger partial charge in [-0.15, -0.1) is 0 Å². The molecule has 0 unspecified atom stereocenters. The van der Waals surface area contributed by atoms with Gasteiger partial charge in [0.1, 0.15) is 8.24 Å². The van der Waals surface area contributed by atoms with Gasteiger partial charge in [0.15, 0.2) is 0 Å². The molecular formula is C8H13NOSSi. The number of thiophene rings is 1. The number of rotatable bonds is 2. The Morgan fingerprint density at radius 2 is 2.17 bits per heavy atom. The fourth-order valence-corrected chi connectivity index (χ4v) is 2.27. The molecule has 1 rings (SSSR count). The van der Waals surface area contributed by atoms with E-state index in [2.05, 4.69) is 24.6 Å². The molecule has 1 amide bonds. The molecule has 0 aliphatic carbocycles. The van der Waals surface area contributed by atoms with Crippen LogP contribution in [0, 0.1) is 0 Å². The van der Waals surface area contributed by atoms with E-state index in [-0.39, 0.29) is 5.91 Å². The molecule has 0 fully saturated rings. The second-order valence-corrected chi connectivity index (χ2v) is 9.25. The molecule has 0 aromatic carbocycles. The van der Waals surface area contributed by atoms with E-state index in [0.29, 0.717) is 0 Å². The number of hydrogen-bond donors (Lipinski definition) is 1. The largest absolute Gasteiger partial charge is 0.378 e. The van der Waals surface area contributed by atoms with Gasteiger partial charge in [0.25, 0.3) is 0 Å². The monoisotopic (exact) mass is 199 g/mol. The molecule has 2 nitrogen and oxygen atoms in total. The summed E-state index contributed by atoms with van der Waals surface area (Å²) >= 11 is 1.55. The molecule has 0 aliphatic rings. The van der Waals surface area contributed by atoms with E-state index in [1.54, 1.807) is 11.3 Å². The van der Waals surface area contributed by atoms with Crippen LogP contribution in [0.5, 0.6) is 0 Å². The van der Waals surface area contributed by atoms with Crippen molar-refractivity contribution in [2.75, 3.05) is 0 Å². The first kappa shape index (κ1) is 9.47. The van der Waals surface area contributed by atoms with Gasteiger partial charge in [-0.2, -0.15) is 11.3 Å². The number of nitrogens with one attached hydrogen (secondary N) is 1. The van der Waals surface area contributed by atoms with Crippen molar-refractivity contribution in [1.82, 2.24) is 4.98 Å². The Morgan fingerprint density at radius 1 is 1.50 bits per heavy atom. The summed E-state index contributed by atoms with van der Waals surface area (Å²) < 4.78 is 0. The predicted molar refractivity (Wildman–Crippen MR) is 55.1 cm³/mol. The van der Waals surface area contributed by atoms with E-state index in [1.165, 1.54) is 0 Å². The van der Waals surface area contributed by atoms with Crippen LogP contribution in [-0.4, -0.2) is 14.1 Å². The maximum Gasteiger partial charge on any atom is 0.244 e. The van der Waals surface area contributed by atoms with Crippen molar-refractivity contribution in [1.29, 1.82) is 0 Å². The van der Waals surface area contributed by atoms with Crippen molar-refractivity contribution in [3.8, 4) is 0 Å². The van der Waals surface area contributed by atoms with Crippen LogP contribution in [0.15, 0.2) is 16.8 Å². The Labute approximate surface area is 77.7 Å². The summed E-state index contributed by atoms with van der Waals surface area (Å²) in [6, 6.07) is 1.85. The number of carbonyl (C=O) groups is 1. The lowest BCUT2D eigenvalue weighted by Gasteiger charge is -2.16. The molecular weight excluding hydrogens is 186 g/mol. The second-order valence-electron chi connectivity index (χ2n) is 3.72. The summed E-state index contributed by atoms with van der Waals surface area (Å²) in [5.41, 5.74) is 0.780. The highest BCUT2D eigenvalue weighted by atomic mass is 32.1. The fourth-order valence-electron chi connectivity index (χ4n) is 0.806. The van der Waals surface area contributed by atoms with E-state index < -0.39 is 8.24 Å². The standard InChI is InChI=1S/C8H13NOSSi/c1-12(2,3)9-8(10)7-4-5-11-6-7/h4-6H,1-3H3,(H,9,10). The molecule has 0 atom stereocenters. The lowest BCUT2D eigenvalue weighted by atomic mass is 10.3. The Balaban J connectivity index is 2.63. The van der Waals surface area contributed by atoms with Crippen LogP contribution in [0.25, 0.3) is 0 Å². The third kappa shape index (κ3) is 2.79. The zero-order valence-electron chi connectivity index (χ0n) is 7.55. The minimum absolute atomic E-state index is 0.0652. The van der Waals surface area contributed by atoms with Crippen molar-refractivity contribution in [3.63, 3.8) is 0 Å². The third-order valence-electron chi connectivity index (χ3n) is 1.27. The summed E-state index contributed by atoms with van der Waals surface area (Å²) in [5.74, 6) is 0.0652. The zero-order valence-corrected chi connectivity index (χ0v) is 9.37. The van der Waals surface area contributed by atoms with Gasteiger partial charge in [0.2, 0.25) is 5.91 Å². The maximum absolute atomic E-state index is 11.5. The van der Waals surface area contributed by atoms with Crippen molar-refractivity contribution >= 4 is 25.5 Å². The molecule has 0 saturated heterocycles. The minimum Gasteiger partial charge on any atom is -0.378 e. The summed E-state index contributed by atoms with van der Waals surface area (Å²) in [4.78, 5) is 14.5. The van der Waals surface area contributed by atoms with Crippen LogP contribution < -0.4 is 4.98 Å². The minimum atomic E-state index is -1.47. The SMILES string of the molecule is C[Si](C)(C)NC(=O)c1ccsc1. The van der Waals surface area contributed by atoms with Gasteiger partial charge in [0.05, 0.1) is 0 Å². The number of hydrogen-bond acceptors (Lipinski definition) is 2. The Morgan fingerprint density at radius 3 is 2.58 bits per heavy atom. The molecule has 0 bridgehead atoms. The topological polar surface area (TPSA) is 29.1 Å². The van der Waals surface area contributed by atoms with Gasteiger partial charge in [0, 0.05) is 10.9 Å². The van der Waals surface area contributed by atoms with Gasteiger partial charge in [-0.25, -0.2) is 0 Å². The van der Waals surface area contributed by atoms with Crippen molar-refractivity contribution in [2.45, 2.75) is 19.6 Å². The molecule has 1 N–H and O–H groups in total. The lowest BCUT2D eigenvalue weighted by molar-refractivity contribution is 0.0978. The summed E-state index contributed by atoms with van der Waals surface area (Å²) in [6.45, 7) is 6.33. The predicted octanol–water partition coefficient (Wildman–Crippen LogP) is 2.31. The molecule has 12 heavy (non-hydrogen) atoms. The number of carbonyl (C=O) groups excluding carboxylic acids is 1. The van der Waals surface area contributed by atoms with Crippen LogP contribution >= 0.6 is 11.3 Å². The van der Waals surface area contributed by atoms with Crippen LogP contribution in [0.3, 0.4) is 0 Å². The Bertz CT molecular complexity index is 263. The van der Waals surface area contributed by atoms with Crippen LogP contribution in [0.1, 0.15) is 10.4 Å². The van der Waals surface area contributed by atoms with E-state index in [1.807, 2.05) is 16.8 Å². The molecule has 0 radical (unpaired) electrons. The molecule has 1 aromatic heterocycles. The van der Waals surface area contributed by atoms with Gasteiger partial charge in [-0.05, 0) is 11.4 Å². The summed E-state index contributed by atoms with van der Waals surface area (Å²) in [6.07, 6.45) is 0. The normalized spacial score (nSPS) is 11.2. The molecule has 0 spiro atoms. The highest BCUT2D eigenvalue weighted by molar-refractivity contribution is 7.08. The average Bonchev–Trinajstić information content (AvgIpc) is 2.32. The first-order valence-electron chi connectivity index (χ1n) is 3.84. The van der Waals surface area contributed by atoms with Gasteiger partial charge in [-0.1, -0.05) is 19.6 Å². The second kappa shape index (κ2) is 3.41. The molecule has 1 heterocycles. The molecule has 1 aromatic rings. The van der Waals surface area contributed by atoms with Crippen molar-refractivity contribution in [3.05, 3.63) is 22.4 Å². The van der Waals surface area contributed by atoms with Gasteiger partial charge < -0.3 is 4.98 Å². The van der Waals surface area contributed by atoms with Crippen LogP contribution in [-0.2, 0) is 0 Å². The van der Waals surface area contributed by atoms with Crippen LogP contribution in [0.4, 0.5) is 0 Å². The Kier molecular flexibility index (Phi) is 2.69.